The molecule has 2 N–H and O–H groups in total. The number of hydrazone groups is 1. The number of aromatic hydroxyl groups is 1. The summed E-state index contributed by atoms with van der Waals surface area (Å²) in [6.45, 7) is 5.21. The largest absolute Gasteiger partial charge is 0.506 e. The number of nitriles is 2. The lowest BCUT2D eigenvalue weighted by Gasteiger charge is -2.19. The highest BCUT2D eigenvalue weighted by atomic mass is 16.6. The highest BCUT2D eigenvalue weighted by Crippen LogP contribution is 2.25. The smallest absolute Gasteiger partial charge is 0.338 e. The number of hydrogen-bond donors (Lipinski definition) is 2. The van der Waals surface area contributed by atoms with Gasteiger partial charge in [0.05, 0.1) is 11.3 Å². The van der Waals surface area contributed by atoms with Crippen LogP contribution in [0.3, 0.4) is 0 Å². The van der Waals surface area contributed by atoms with Crippen molar-refractivity contribution in [2.45, 2.75) is 26.4 Å². The number of phenolic OH excluding ortho intramolecular Hbond substituents is 1. The lowest BCUT2D eigenvalue weighted by Crippen LogP contribution is -2.23. The van der Waals surface area contributed by atoms with Gasteiger partial charge in [-0.15, -0.1) is 0 Å². The highest BCUT2D eigenvalue weighted by molar-refractivity contribution is 6.10. The number of anilines is 1. The molecule has 1 aromatic carbocycles. The van der Waals surface area contributed by atoms with E-state index >= 15 is 0 Å². The molecule has 0 unspecified atom stereocenters. The first-order valence-corrected chi connectivity index (χ1v) is 5.97. The zero-order valence-electron chi connectivity index (χ0n) is 11.8. The summed E-state index contributed by atoms with van der Waals surface area (Å²) >= 11 is 0. The summed E-state index contributed by atoms with van der Waals surface area (Å²) in [5, 5.41) is 30.3. The molecule has 1 aromatic rings. The number of nitrogens with zero attached hydrogens (tertiary/aromatic N) is 3. The van der Waals surface area contributed by atoms with E-state index in [1.54, 1.807) is 32.9 Å². The van der Waals surface area contributed by atoms with E-state index in [0.29, 0.717) is 0 Å². The standard InChI is InChI=1S/C14H14N4O3/c1-14(2,3)21-13(20)9-4-5-11(12(19)6-9)18-17-10(7-15)8-16/h4-6,18-19H,1-3H3. The molecule has 1 rings (SSSR count). The van der Waals surface area contributed by atoms with Crippen LogP contribution < -0.4 is 5.43 Å². The number of carbonyl (C=O) groups excluding carboxylic acids is 1. The van der Waals surface area contributed by atoms with Crippen LogP contribution in [0.25, 0.3) is 0 Å². The lowest BCUT2D eigenvalue weighted by molar-refractivity contribution is 0.00691. The van der Waals surface area contributed by atoms with Crippen LogP contribution in [0.2, 0.25) is 0 Å². The molecular formula is C14H14N4O3. The van der Waals surface area contributed by atoms with Crippen molar-refractivity contribution in [3.05, 3.63) is 23.8 Å². The molecule has 7 nitrogen and oxygen atoms in total. The third kappa shape index (κ3) is 4.84. The van der Waals surface area contributed by atoms with Crippen molar-refractivity contribution >= 4 is 17.4 Å². The van der Waals surface area contributed by atoms with Crippen LogP contribution in [-0.4, -0.2) is 22.4 Å². The number of ether oxygens (including phenoxy) is 1. The van der Waals surface area contributed by atoms with Crippen molar-refractivity contribution in [3.8, 4) is 17.9 Å². The molecule has 0 radical (unpaired) electrons. The third-order valence-electron chi connectivity index (χ3n) is 2.13. The Balaban J connectivity index is 2.92. The molecule has 0 aliphatic heterocycles. The second-order valence-corrected chi connectivity index (χ2v) is 5.03. The molecule has 0 amide bonds. The Morgan fingerprint density at radius 1 is 1.33 bits per heavy atom. The fraction of sp³-hybridized carbons (Fsp3) is 0.286. The molecule has 0 aliphatic carbocycles. The summed E-state index contributed by atoms with van der Waals surface area (Å²) in [7, 11) is 0. The zero-order chi connectivity index (χ0) is 16.0. The molecule has 0 saturated heterocycles. The van der Waals surface area contributed by atoms with Gasteiger partial charge in [0.1, 0.15) is 23.5 Å². The second-order valence-electron chi connectivity index (χ2n) is 5.03. The third-order valence-corrected chi connectivity index (χ3v) is 2.13. The van der Waals surface area contributed by atoms with Crippen molar-refractivity contribution in [3.63, 3.8) is 0 Å². The van der Waals surface area contributed by atoms with Gasteiger partial charge < -0.3 is 9.84 Å². The van der Waals surface area contributed by atoms with Gasteiger partial charge in [-0.25, -0.2) is 4.79 Å². The number of phenols is 1. The van der Waals surface area contributed by atoms with Crippen molar-refractivity contribution in [2.24, 2.45) is 5.10 Å². The molecule has 0 spiro atoms. The quantitative estimate of drug-likeness (QED) is 0.380. The number of rotatable bonds is 3. The minimum absolute atomic E-state index is 0.158. The SMILES string of the molecule is CC(C)(C)OC(=O)c1ccc(NN=C(C#N)C#N)c(O)c1. The van der Waals surface area contributed by atoms with Gasteiger partial charge in [-0.3, -0.25) is 5.43 Å². The molecular weight excluding hydrogens is 272 g/mol. The van der Waals surface area contributed by atoms with Gasteiger partial charge in [-0.05, 0) is 39.0 Å². The Bertz CT molecular complexity index is 644. The summed E-state index contributed by atoms with van der Waals surface area (Å²) in [5.41, 5.74) is 1.69. The number of nitrogens with one attached hydrogen (secondary N) is 1. The average Bonchev–Trinajstić information content (AvgIpc) is 2.39. The Labute approximate surface area is 122 Å². The monoisotopic (exact) mass is 286 g/mol. The van der Waals surface area contributed by atoms with E-state index in [1.165, 1.54) is 18.2 Å². The topological polar surface area (TPSA) is 118 Å². The fourth-order valence-electron chi connectivity index (χ4n) is 1.28. The van der Waals surface area contributed by atoms with Crippen molar-refractivity contribution in [1.29, 1.82) is 10.5 Å². The van der Waals surface area contributed by atoms with Crippen LogP contribution in [0.15, 0.2) is 23.3 Å². The Morgan fingerprint density at radius 2 is 1.95 bits per heavy atom. The summed E-state index contributed by atoms with van der Waals surface area (Å²) in [4.78, 5) is 11.8. The van der Waals surface area contributed by atoms with Crippen molar-refractivity contribution in [2.75, 3.05) is 5.43 Å². The molecule has 7 heteroatoms. The van der Waals surface area contributed by atoms with Gasteiger partial charge in [0, 0.05) is 0 Å². The minimum atomic E-state index is -0.636. The van der Waals surface area contributed by atoms with Gasteiger partial charge in [0.25, 0.3) is 0 Å². The first-order valence-electron chi connectivity index (χ1n) is 5.97. The summed E-state index contributed by atoms with van der Waals surface area (Å²) in [5.74, 6) is -0.820. The fourth-order valence-corrected chi connectivity index (χ4v) is 1.28. The predicted molar refractivity (Wildman–Crippen MR) is 75.6 cm³/mol. The molecule has 0 atom stereocenters. The van der Waals surface area contributed by atoms with Crippen LogP contribution in [-0.2, 0) is 4.74 Å². The van der Waals surface area contributed by atoms with Crippen LogP contribution in [0, 0.1) is 22.7 Å². The Morgan fingerprint density at radius 3 is 2.43 bits per heavy atom. The normalized spacial score (nSPS) is 9.95. The first kappa shape index (κ1) is 16.0. The van der Waals surface area contributed by atoms with Gasteiger partial charge in [-0.2, -0.15) is 15.6 Å². The lowest BCUT2D eigenvalue weighted by atomic mass is 10.1. The zero-order valence-corrected chi connectivity index (χ0v) is 11.8. The summed E-state index contributed by atoms with van der Waals surface area (Å²) in [6.07, 6.45) is 0. The average molecular weight is 286 g/mol. The number of carbonyl (C=O) groups is 1. The van der Waals surface area contributed by atoms with Crippen molar-refractivity contribution < 1.29 is 14.6 Å². The first-order chi connectivity index (χ1) is 9.76. The molecule has 0 aromatic heterocycles. The number of esters is 1. The maximum atomic E-state index is 11.8. The maximum absolute atomic E-state index is 11.8. The van der Waals surface area contributed by atoms with Crippen LogP contribution in [0.1, 0.15) is 31.1 Å². The van der Waals surface area contributed by atoms with E-state index in [1.807, 2.05) is 0 Å². The van der Waals surface area contributed by atoms with Crippen LogP contribution >= 0.6 is 0 Å². The van der Waals surface area contributed by atoms with Gasteiger partial charge in [0.15, 0.2) is 0 Å². The molecule has 0 bridgehead atoms. The highest BCUT2D eigenvalue weighted by Gasteiger charge is 2.18. The van der Waals surface area contributed by atoms with Crippen LogP contribution in [0.5, 0.6) is 5.75 Å². The summed E-state index contributed by atoms with van der Waals surface area (Å²) in [6, 6.07) is 7.18. The minimum Gasteiger partial charge on any atom is -0.506 e. The Kier molecular flexibility index (Phi) is 4.87. The molecule has 108 valence electrons. The van der Waals surface area contributed by atoms with Crippen LogP contribution in [0.4, 0.5) is 5.69 Å². The Hall–Kier alpha value is -3.06. The van der Waals surface area contributed by atoms with E-state index < -0.39 is 11.6 Å². The van der Waals surface area contributed by atoms with E-state index in [2.05, 4.69) is 10.5 Å². The van der Waals surface area contributed by atoms with E-state index in [-0.39, 0.29) is 22.7 Å². The molecule has 0 saturated carbocycles. The molecule has 0 heterocycles. The molecule has 0 fully saturated rings. The summed E-state index contributed by atoms with van der Waals surface area (Å²) < 4.78 is 5.17. The van der Waals surface area contributed by atoms with E-state index in [4.69, 9.17) is 15.3 Å². The predicted octanol–water partition coefficient (Wildman–Crippen LogP) is 2.16. The maximum Gasteiger partial charge on any atom is 0.338 e. The van der Waals surface area contributed by atoms with E-state index in [9.17, 15) is 9.90 Å². The second kappa shape index (κ2) is 6.40. The molecule has 21 heavy (non-hydrogen) atoms. The van der Waals surface area contributed by atoms with Gasteiger partial charge in [-0.1, -0.05) is 0 Å². The van der Waals surface area contributed by atoms with E-state index in [0.717, 1.165) is 0 Å². The number of hydrogen-bond acceptors (Lipinski definition) is 7. The molecule has 0 aliphatic rings. The number of benzene rings is 1. The van der Waals surface area contributed by atoms with Gasteiger partial charge in [0.2, 0.25) is 5.71 Å². The van der Waals surface area contributed by atoms with Gasteiger partial charge >= 0.3 is 5.97 Å². The van der Waals surface area contributed by atoms with Crippen molar-refractivity contribution in [1.82, 2.24) is 0 Å².